The predicted molar refractivity (Wildman–Crippen MR) is 59.1 cm³/mol. The van der Waals surface area contributed by atoms with E-state index in [1.54, 1.807) is 24.3 Å². The number of benzene rings is 1. The van der Waals surface area contributed by atoms with E-state index in [0.29, 0.717) is 22.8 Å². The Kier molecular flexibility index (Phi) is 3.22. The number of nitrogens with zero attached hydrogens (tertiary/aromatic N) is 1. The lowest BCUT2D eigenvalue weighted by Gasteiger charge is -2.02. The molecule has 16 heavy (non-hydrogen) atoms. The number of carbonyl (C=O) groups is 1. The lowest BCUT2D eigenvalue weighted by atomic mass is 10.2. The van der Waals surface area contributed by atoms with Gasteiger partial charge in [0.15, 0.2) is 6.39 Å². The summed E-state index contributed by atoms with van der Waals surface area (Å²) in [6.45, 7) is 0.335. The molecule has 0 unspecified atom stereocenters. The number of hydrogen-bond donors (Lipinski definition) is 1. The quantitative estimate of drug-likeness (QED) is 0.889. The number of amides is 1. The molecular formula is C11H9ClN2O2. The minimum Gasteiger partial charge on any atom is -0.451 e. The maximum absolute atomic E-state index is 11.7. The fourth-order valence-corrected chi connectivity index (χ4v) is 1.42. The molecule has 0 spiro atoms. The fourth-order valence-electron chi connectivity index (χ4n) is 1.23. The summed E-state index contributed by atoms with van der Waals surface area (Å²) in [5, 5.41) is 3.24. The van der Waals surface area contributed by atoms with Gasteiger partial charge in [-0.1, -0.05) is 17.7 Å². The van der Waals surface area contributed by atoms with Crippen molar-refractivity contribution in [3.8, 4) is 0 Å². The molecule has 2 aromatic rings. The van der Waals surface area contributed by atoms with Crippen LogP contribution in [0.1, 0.15) is 16.1 Å². The van der Waals surface area contributed by atoms with Crippen molar-refractivity contribution in [2.24, 2.45) is 0 Å². The van der Waals surface area contributed by atoms with E-state index >= 15 is 0 Å². The summed E-state index contributed by atoms with van der Waals surface area (Å²) in [7, 11) is 0. The Morgan fingerprint density at radius 1 is 1.50 bits per heavy atom. The Hall–Kier alpha value is -1.81. The van der Waals surface area contributed by atoms with Gasteiger partial charge >= 0.3 is 0 Å². The minimum absolute atomic E-state index is 0.189. The van der Waals surface area contributed by atoms with Gasteiger partial charge in [0.25, 0.3) is 5.91 Å². The SMILES string of the molecule is O=C(NCc1cocn1)c1cccc(Cl)c1. The Bertz CT molecular complexity index is 482. The Labute approximate surface area is 97.2 Å². The number of rotatable bonds is 3. The van der Waals surface area contributed by atoms with Gasteiger partial charge in [0.1, 0.15) is 6.26 Å². The molecule has 0 saturated heterocycles. The van der Waals surface area contributed by atoms with Gasteiger partial charge in [-0.05, 0) is 18.2 Å². The molecule has 1 N–H and O–H groups in total. The van der Waals surface area contributed by atoms with Crippen molar-refractivity contribution >= 4 is 17.5 Å². The molecule has 1 amide bonds. The van der Waals surface area contributed by atoms with E-state index in [-0.39, 0.29) is 5.91 Å². The molecule has 1 heterocycles. The van der Waals surface area contributed by atoms with E-state index < -0.39 is 0 Å². The highest BCUT2D eigenvalue weighted by Crippen LogP contribution is 2.10. The molecule has 0 bridgehead atoms. The molecule has 1 aromatic carbocycles. The van der Waals surface area contributed by atoms with Crippen LogP contribution in [-0.4, -0.2) is 10.9 Å². The van der Waals surface area contributed by atoms with Gasteiger partial charge < -0.3 is 9.73 Å². The average molecular weight is 237 g/mol. The Morgan fingerprint density at radius 3 is 3.06 bits per heavy atom. The van der Waals surface area contributed by atoms with Crippen LogP contribution in [0.5, 0.6) is 0 Å². The van der Waals surface area contributed by atoms with Crippen molar-refractivity contribution in [1.29, 1.82) is 0 Å². The first-order valence-corrected chi connectivity index (χ1v) is 5.04. The number of nitrogens with one attached hydrogen (secondary N) is 1. The fraction of sp³-hybridized carbons (Fsp3) is 0.0909. The van der Waals surface area contributed by atoms with Crippen LogP contribution < -0.4 is 5.32 Å². The maximum atomic E-state index is 11.7. The number of hydrogen-bond acceptors (Lipinski definition) is 3. The number of carbonyl (C=O) groups excluding carboxylic acids is 1. The Morgan fingerprint density at radius 2 is 2.38 bits per heavy atom. The highest BCUT2D eigenvalue weighted by atomic mass is 35.5. The molecule has 4 nitrogen and oxygen atoms in total. The van der Waals surface area contributed by atoms with Crippen LogP contribution in [-0.2, 0) is 6.54 Å². The second-order valence-electron chi connectivity index (χ2n) is 3.17. The zero-order valence-electron chi connectivity index (χ0n) is 8.31. The van der Waals surface area contributed by atoms with Crippen molar-refractivity contribution in [3.05, 3.63) is 53.2 Å². The highest BCUT2D eigenvalue weighted by Gasteiger charge is 2.06. The number of aromatic nitrogens is 1. The summed E-state index contributed by atoms with van der Waals surface area (Å²) >= 11 is 5.78. The molecule has 0 saturated carbocycles. The van der Waals surface area contributed by atoms with Crippen LogP contribution in [0.2, 0.25) is 5.02 Å². The zero-order valence-corrected chi connectivity index (χ0v) is 9.07. The first-order chi connectivity index (χ1) is 7.75. The van der Waals surface area contributed by atoms with Crippen molar-refractivity contribution < 1.29 is 9.21 Å². The van der Waals surface area contributed by atoms with Gasteiger partial charge in [0.2, 0.25) is 0 Å². The summed E-state index contributed by atoms with van der Waals surface area (Å²) in [5.41, 5.74) is 1.20. The Balaban J connectivity index is 1.98. The third kappa shape index (κ3) is 2.61. The van der Waals surface area contributed by atoms with E-state index in [2.05, 4.69) is 10.3 Å². The number of halogens is 1. The monoisotopic (exact) mass is 236 g/mol. The van der Waals surface area contributed by atoms with E-state index in [1.807, 2.05) is 0 Å². The van der Waals surface area contributed by atoms with Crippen molar-refractivity contribution in [3.63, 3.8) is 0 Å². The molecule has 0 radical (unpaired) electrons. The average Bonchev–Trinajstić information content (AvgIpc) is 2.78. The van der Waals surface area contributed by atoms with Crippen molar-refractivity contribution in [2.75, 3.05) is 0 Å². The zero-order chi connectivity index (χ0) is 11.4. The van der Waals surface area contributed by atoms with Crippen molar-refractivity contribution in [1.82, 2.24) is 10.3 Å². The van der Waals surface area contributed by atoms with Crippen molar-refractivity contribution in [2.45, 2.75) is 6.54 Å². The molecule has 82 valence electrons. The molecular weight excluding hydrogens is 228 g/mol. The smallest absolute Gasteiger partial charge is 0.251 e. The molecule has 5 heteroatoms. The summed E-state index contributed by atoms with van der Waals surface area (Å²) in [6.07, 6.45) is 2.80. The number of oxazole rings is 1. The molecule has 0 aliphatic carbocycles. The van der Waals surface area contributed by atoms with Crippen LogP contribution in [0.25, 0.3) is 0 Å². The summed E-state index contributed by atoms with van der Waals surface area (Å²) in [6, 6.07) is 6.76. The lowest BCUT2D eigenvalue weighted by molar-refractivity contribution is 0.0950. The van der Waals surface area contributed by atoms with Crippen LogP contribution in [0, 0.1) is 0 Å². The van der Waals surface area contributed by atoms with Gasteiger partial charge in [-0.3, -0.25) is 4.79 Å². The largest absolute Gasteiger partial charge is 0.451 e. The third-order valence-corrected chi connectivity index (χ3v) is 2.24. The predicted octanol–water partition coefficient (Wildman–Crippen LogP) is 2.26. The molecule has 0 aliphatic heterocycles. The van der Waals surface area contributed by atoms with Gasteiger partial charge in [0, 0.05) is 10.6 Å². The van der Waals surface area contributed by atoms with E-state index in [4.69, 9.17) is 16.0 Å². The molecule has 0 atom stereocenters. The highest BCUT2D eigenvalue weighted by molar-refractivity contribution is 6.30. The second kappa shape index (κ2) is 4.81. The van der Waals surface area contributed by atoms with Crippen LogP contribution in [0.4, 0.5) is 0 Å². The third-order valence-electron chi connectivity index (χ3n) is 2.00. The van der Waals surface area contributed by atoms with Crippen LogP contribution in [0.15, 0.2) is 41.3 Å². The van der Waals surface area contributed by atoms with Gasteiger partial charge in [-0.25, -0.2) is 4.98 Å². The molecule has 2 rings (SSSR count). The summed E-state index contributed by atoms with van der Waals surface area (Å²) in [5.74, 6) is -0.189. The van der Waals surface area contributed by atoms with E-state index in [0.717, 1.165) is 0 Å². The summed E-state index contributed by atoms with van der Waals surface area (Å²) < 4.78 is 4.79. The standard InChI is InChI=1S/C11H9ClN2O2/c12-9-3-1-2-8(4-9)11(15)13-5-10-6-16-7-14-10/h1-4,6-7H,5H2,(H,13,15). The molecule has 0 fully saturated rings. The van der Waals surface area contributed by atoms with E-state index in [9.17, 15) is 4.79 Å². The van der Waals surface area contributed by atoms with Crippen LogP contribution in [0.3, 0.4) is 0 Å². The van der Waals surface area contributed by atoms with Gasteiger partial charge in [-0.2, -0.15) is 0 Å². The van der Waals surface area contributed by atoms with Crippen LogP contribution >= 0.6 is 11.6 Å². The normalized spacial score (nSPS) is 10.1. The maximum Gasteiger partial charge on any atom is 0.251 e. The first-order valence-electron chi connectivity index (χ1n) is 4.66. The topological polar surface area (TPSA) is 55.1 Å². The minimum atomic E-state index is -0.189. The van der Waals surface area contributed by atoms with Gasteiger partial charge in [-0.15, -0.1) is 0 Å². The van der Waals surface area contributed by atoms with E-state index in [1.165, 1.54) is 12.7 Å². The lowest BCUT2D eigenvalue weighted by Crippen LogP contribution is -2.22. The molecule has 0 aliphatic rings. The van der Waals surface area contributed by atoms with Gasteiger partial charge in [0.05, 0.1) is 12.2 Å². The summed E-state index contributed by atoms with van der Waals surface area (Å²) in [4.78, 5) is 15.6. The molecule has 1 aromatic heterocycles. The second-order valence-corrected chi connectivity index (χ2v) is 3.61. The first kappa shape index (κ1) is 10.7.